The van der Waals surface area contributed by atoms with E-state index in [0.717, 1.165) is 28.2 Å². The van der Waals surface area contributed by atoms with E-state index in [9.17, 15) is 9.90 Å². The van der Waals surface area contributed by atoms with Crippen molar-refractivity contribution >= 4 is 33.2 Å². The number of ether oxygens (including phenoxy) is 1. The number of para-hydroxylation sites is 1. The molecule has 2 aromatic carbocycles. The third-order valence-electron chi connectivity index (χ3n) is 5.97. The summed E-state index contributed by atoms with van der Waals surface area (Å²) in [5.41, 5.74) is 2.54. The molecule has 0 aliphatic carbocycles. The van der Waals surface area contributed by atoms with Crippen molar-refractivity contribution in [1.29, 1.82) is 0 Å². The SMILES string of the molecule is Cc1ccccc1OCC(O)CN(Cc1nc2scc(-c3ccc(Cl)cc3)c2c(=O)[nH]1)Cc1ccco1. The van der Waals surface area contributed by atoms with Crippen molar-refractivity contribution in [3.8, 4) is 16.9 Å². The van der Waals surface area contributed by atoms with E-state index >= 15 is 0 Å². The van der Waals surface area contributed by atoms with Crippen molar-refractivity contribution in [2.45, 2.75) is 26.1 Å². The Hall–Kier alpha value is -3.43. The maximum Gasteiger partial charge on any atom is 0.260 e. The molecule has 3 heterocycles. The van der Waals surface area contributed by atoms with Crippen LogP contribution in [0.15, 0.2) is 81.5 Å². The second-order valence-corrected chi connectivity index (χ2v) is 10.1. The first-order valence-corrected chi connectivity index (χ1v) is 13.1. The molecule has 5 rings (SSSR count). The van der Waals surface area contributed by atoms with Gasteiger partial charge in [0.15, 0.2) is 0 Å². The Balaban J connectivity index is 1.34. The highest BCUT2D eigenvalue weighted by molar-refractivity contribution is 7.17. The van der Waals surface area contributed by atoms with Gasteiger partial charge in [0.05, 0.1) is 24.7 Å². The van der Waals surface area contributed by atoms with Crippen LogP contribution >= 0.6 is 22.9 Å². The molecule has 1 atom stereocenters. The first-order valence-electron chi connectivity index (χ1n) is 11.8. The van der Waals surface area contributed by atoms with E-state index in [1.54, 1.807) is 18.4 Å². The van der Waals surface area contributed by atoms with E-state index < -0.39 is 6.10 Å². The molecule has 0 bridgehead atoms. The van der Waals surface area contributed by atoms with Crippen molar-refractivity contribution < 1.29 is 14.3 Å². The maximum absolute atomic E-state index is 13.1. The number of rotatable bonds is 10. The van der Waals surface area contributed by atoms with Gasteiger partial charge in [-0.1, -0.05) is 41.9 Å². The Morgan fingerprint density at radius 1 is 1.14 bits per heavy atom. The number of nitrogens with zero attached hydrogens (tertiary/aromatic N) is 2. The molecule has 0 radical (unpaired) electrons. The van der Waals surface area contributed by atoms with Crippen LogP contribution in [0.4, 0.5) is 0 Å². The van der Waals surface area contributed by atoms with Crippen LogP contribution in [0.5, 0.6) is 5.75 Å². The third kappa shape index (κ3) is 6.11. The molecule has 0 amide bonds. The fraction of sp³-hybridized carbons (Fsp3) is 0.214. The number of thiophene rings is 1. The Bertz CT molecular complexity index is 1530. The highest BCUT2D eigenvalue weighted by atomic mass is 35.5. The quantitative estimate of drug-likeness (QED) is 0.240. The minimum Gasteiger partial charge on any atom is -0.491 e. The average molecular weight is 536 g/mol. The highest BCUT2D eigenvalue weighted by Crippen LogP contribution is 2.31. The molecule has 5 aromatic rings. The smallest absolute Gasteiger partial charge is 0.260 e. The van der Waals surface area contributed by atoms with Crippen LogP contribution in [0, 0.1) is 6.92 Å². The van der Waals surface area contributed by atoms with Crippen LogP contribution in [0.25, 0.3) is 21.3 Å². The van der Waals surface area contributed by atoms with Gasteiger partial charge in [-0.2, -0.15) is 0 Å². The summed E-state index contributed by atoms with van der Waals surface area (Å²) in [6.45, 7) is 3.16. The second kappa shape index (κ2) is 11.3. The zero-order valence-corrected chi connectivity index (χ0v) is 21.8. The molecule has 37 heavy (non-hydrogen) atoms. The van der Waals surface area contributed by atoms with E-state index in [0.29, 0.717) is 40.7 Å². The topological polar surface area (TPSA) is 91.6 Å². The molecule has 0 saturated carbocycles. The summed E-state index contributed by atoms with van der Waals surface area (Å²) in [6, 6.07) is 18.8. The average Bonchev–Trinajstić information content (AvgIpc) is 3.54. The molecule has 0 saturated heterocycles. The number of aromatic nitrogens is 2. The summed E-state index contributed by atoms with van der Waals surface area (Å²) in [5, 5.41) is 13.9. The summed E-state index contributed by atoms with van der Waals surface area (Å²) >= 11 is 7.45. The summed E-state index contributed by atoms with van der Waals surface area (Å²) in [7, 11) is 0. The molecule has 7 nitrogen and oxygen atoms in total. The normalized spacial score (nSPS) is 12.3. The predicted molar refractivity (Wildman–Crippen MR) is 146 cm³/mol. The molecule has 3 aromatic heterocycles. The van der Waals surface area contributed by atoms with Crippen LogP contribution < -0.4 is 10.3 Å². The molecule has 190 valence electrons. The van der Waals surface area contributed by atoms with Crippen LogP contribution in [0.2, 0.25) is 5.02 Å². The van der Waals surface area contributed by atoms with Crippen LogP contribution in [-0.4, -0.2) is 39.2 Å². The second-order valence-electron chi connectivity index (χ2n) is 8.83. The Kier molecular flexibility index (Phi) is 7.71. The summed E-state index contributed by atoms with van der Waals surface area (Å²) in [4.78, 5) is 23.4. The van der Waals surface area contributed by atoms with Crippen molar-refractivity contribution in [2.75, 3.05) is 13.2 Å². The lowest BCUT2D eigenvalue weighted by atomic mass is 10.1. The number of aromatic amines is 1. The van der Waals surface area contributed by atoms with Crippen LogP contribution in [-0.2, 0) is 13.1 Å². The number of benzene rings is 2. The fourth-order valence-corrected chi connectivity index (χ4v) is 5.28. The van der Waals surface area contributed by atoms with E-state index in [2.05, 4.69) is 4.98 Å². The van der Waals surface area contributed by atoms with Gasteiger partial charge >= 0.3 is 0 Å². The van der Waals surface area contributed by atoms with Crippen molar-refractivity contribution in [2.24, 2.45) is 0 Å². The van der Waals surface area contributed by atoms with Crippen molar-refractivity contribution in [3.05, 3.63) is 105 Å². The van der Waals surface area contributed by atoms with Crippen molar-refractivity contribution in [1.82, 2.24) is 14.9 Å². The molecule has 0 fully saturated rings. The van der Waals surface area contributed by atoms with Gasteiger partial charge in [-0.3, -0.25) is 9.69 Å². The van der Waals surface area contributed by atoms with E-state index in [-0.39, 0.29) is 12.2 Å². The van der Waals surface area contributed by atoms with Gasteiger partial charge in [0.1, 0.15) is 34.9 Å². The van der Waals surface area contributed by atoms with Crippen molar-refractivity contribution in [3.63, 3.8) is 0 Å². The minimum absolute atomic E-state index is 0.137. The number of hydrogen-bond donors (Lipinski definition) is 2. The molecule has 1 unspecified atom stereocenters. The Morgan fingerprint density at radius 2 is 1.95 bits per heavy atom. The van der Waals surface area contributed by atoms with E-state index in [4.69, 9.17) is 25.7 Å². The Morgan fingerprint density at radius 3 is 2.70 bits per heavy atom. The zero-order valence-electron chi connectivity index (χ0n) is 20.2. The van der Waals surface area contributed by atoms with Gasteiger partial charge in [0, 0.05) is 22.5 Å². The minimum atomic E-state index is -0.761. The van der Waals surface area contributed by atoms with Gasteiger partial charge in [-0.25, -0.2) is 4.98 Å². The van der Waals surface area contributed by atoms with Gasteiger partial charge in [0.2, 0.25) is 0 Å². The molecule has 2 N–H and O–H groups in total. The number of fused-ring (bicyclic) bond motifs is 1. The van der Waals surface area contributed by atoms with Crippen LogP contribution in [0.3, 0.4) is 0 Å². The summed E-state index contributed by atoms with van der Waals surface area (Å²) in [6.07, 6.45) is 0.852. The first-order chi connectivity index (χ1) is 18.0. The number of aliphatic hydroxyl groups is 1. The number of furan rings is 1. The van der Waals surface area contributed by atoms with E-state index in [1.807, 2.05) is 65.7 Å². The Labute approximate surface area is 222 Å². The molecule has 9 heteroatoms. The number of aliphatic hydroxyl groups excluding tert-OH is 1. The predicted octanol–water partition coefficient (Wildman–Crippen LogP) is 5.65. The molecular formula is C28H26ClN3O4S. The lowest BCUT2D eigenvalue weighted by Gasteiger charge is -2.24. The molecule has 0 aliphatic rings. The van der Waals surface area contributed by atoms with Gasteiger partial charge in [-0.15, -0.1) is 11.3 Å². The standard InChI is InChI=1S/C28H26ClN3O4S/c1-18-5-2-3-7-24(18)36-16-21(33)13-32(14-22-6-4-12-35-22)15-25-30-27(34)26-23(17-37-28(26)31-25)19-8-10-20(29)11-9-19/h2-12,17,21,33H,13-16H2,1H3,(H,30,31,34). The summed E-state index contributed by atoms with van der Waals surface area (Å²) < 4.78 is 11.4. The van der Waals surface area contributed by atoms with E-state index in [1.165, 1.54) is 11.3 Å². The lowest BCUT2D eigenvalue weighted by Crippen LogP contribution is -2.35. The number of halogens is 1. The number of hydrogen-bond acceptors (Lipinski definition) is 7. The molecule has 0 spiro atoms. The van der Waals surface area contributed by atoms with Gasteiger partial charge < -0.3 is 19.2 Å². The number of H-pyrrole nitrogens is 1. The maximum atomic E-state index is 13.1. The zero-order chi connectivity index (χ0) is 25.8. The number of nitrogens with one attached hydrogen (secondary N) is 1. The summed E-state index contributed by atoms with van der Waals surface area (Å²) in [5.74, 6) is 2.00. The largest absolute Gasteiger partial charge is 0.491 e. The van der Waals surface area contributed by atoms with Gasteiger partial charge in [-0.05, 0) is 48.4 Å². The molecular weight excluding hydrogens is 510 g/mol. The lowest BCUT2D eigenvalue weighted by molar-refractivity contribution is 0.0593. The number of aryl methyl sites for hydroxylation is 1. The van der Waals surface area contributed by atoms with Crippen LogP contribution in [0.1, 0.15) is 17.1 Å². The van der Waals surface area contributed by atoms with Gasteiger partial charge in [0.25, 0.3) is 5.56 Å². The highest BCUT2D eigenvalue weighted by Gasteiger charge is 2.18. The fourth-order valence-electron chi connectivity index (χ4n) is 4.19. The monoisotopic (exact) mass is 535 g/mol. The first kappa shape index (κ1) is 25.2. The third-order valence-corrected chi connectivity index (χ3v) is 7.10. The molecule has 0 aliphatic heterocycles.